The van der Waals surface area contributed by atoms with Crippen LogP contribution in [0.3, 0.4) is 0 Å². The van der Waals surface area contributed by atoms with E-state index in [1.807, 2.05) is 16.8 Å². The van der Waals surface area contributed by atoms with Gasteiger partial charge in [-0.15, -0.1) is 23.0 Å². The normalized spacial score (nSPS) is 14.5. The summed E-state index contributed by atoms with van der Waals surface area (Å²) in [7, 11) is 0. The highest BCUT2D eigenvalue weighted by atomic mass is 19.4. The number of anilines is 1. The van der Waals surface area contributed by atoms with Gasteiger partial charge in [0.05, 0.1) is 5.69 Å². The zero-order valence-electron chi connectivity index (χ0n) is 19.8. The number of aromatic nitrogens is 6. The fraction of sp³-hybridized carbons (Fsp3) is 0.320. The van der Waals surface area contributed by atoms with Crippen molar-refractivity contribution in [3.05, 3.63) is 71.4 Å². The Kier molecular flexibility index (Phi) is 6.89. The van der Waals surface area contributed by atoms with Crippen molar-refractivity contribution in [1.82, 2.24) is 25.7 Å². The number of H-pyrrole nitrogens is 2. The molecule has 0 spiro atoms. The third-order valence-electron chi connectivity index (χ3n) is 6.40. The van der Waals surface area contributed by atoms with E-state index >= 15 is 0 Å². The summed E-state index contributed by atoms with van der Waals surface area (Å²) < 4.78 is 43.8. The second kappa shape index (κ2) is 10.4. The molecule has 1 aliphatic carbocycles. The molecular weight excluding hydrogens is 487 g/mol. The van der Waals surface area contributed by atoms with Gasteiger partial charge in [0, 0.05) is 28.7 Å². The number of hydrogen-bond donors (Lipinski definition) is 3. The van der Waals surface area contributed by atoms with E-state index in [0.717, 1.165) is 35.4 Å². The lowest BCUT2D eigenvalue weighted by atomic mass is 9.87. The number of amides is 1. The summed E-state index contributed by atoms with van der Waals surface area (Å²) in [5, 5.41) is 19.2. The summed E-state index contributed by atoms with van der Waals surface area (Å²) in [5.41, 5.74) is 4.12. The Balaban J connectivity index is 1.38. The molecule has 1 fully saturated rings. The van der Waals surface area contributed by atoms with Crippen LogP contribution >= 0.6 is 0 Å². The minimum atomic E-state index is -4.74. The Labute approximate surface area is 210 Å². The third-order valence-corrected chi connectivity index (χ3v) is 6.40. The number of ether oxygens (including phenoxy) is 1. The number of carbonyl (C=O) groups excluding carboxylic acids is 1. The molecule has 0 bridgehead atoms. The van der Waals surface area contributed by atoms with Gasteiger partial charge in [-0.2, -0.15) is 10.3 Å². The first-order valence-electron chi connectivity index (χ1n) is 12.0. The molecule has 0 unspecified atom stereocenters. The smallest absolute Gasteiger partial charge is 0.406 e. The first-order valence-corrected chi connectivity index (χ1v) is 12.0. The number of benzene rings is 2. The van der Waals surface area contributed by atoms with Gasteiger partial charge in [-0.3, -0.25) is 10.1 Å². The molecule has 2 heterocycles. The van der Waals surface area contributed by atoms with Crippen molar-refractivity contribution >= 4 is 11.9 Å². The number of alkyl halides is 3. The van der Waals surface area contributed by atoms with E-state index in [2.05, 4.69) is 41.8 Å². The van der Waals surface area contributed by atoms with Crippen LogP contribution in [-0.2, 0) is 6.54 Å². The first-order chi connectivity index (χ1) is 17.8. The molecule has 12 heteroatoms. The zero-order valence-corrected chi connectivity index (χ0v) is 19.8. The monoisotopic (exact) mass is 512 g/mol. The van der Waals surface area contributed by atoms with Gasteiger partial charge in [0.2, 0.25) is 5.69 Å². The maximum Gasteiger partial charge on any atom is 0.573 e. The number of hydrogen-bond acceptors (Lipinski definition) is 5. The largest absolute Gasteiger partial charge is 0.573 e. The lowest BCUT2D eigenvalue weighted by molar-refractivity contribution is -0.732. The highest BCUT2D eigenvalue weighted by Gasteiger charge is 2.31. The summed E-state index contributed by atoms with van der Waals surface area (Å²) in [6.45, 7) is 0.482. The van der Waals surface area contributed by atoms with Crippen LogP contribution in [0.1, 0.15) is 59.6 Å². The van der Waals surface area contributed by atoms with Gasteiger partial charge >= 0.3 is 6.36 Å². The Bertz CT molecular complexity index is 1330. The molecule has 0 saturated heterocycles. The van der Waals surface area contributed by atoms with E-state index < -0.39 is 6.36 Å². The van der Waals surface area contributed by atoms with Crippen LogP contribution in [-0.4, -0.2) is 38.0 Å². The molecule has 0 atom stereocenters. The fourth-order valence-electron chi connectivity index (χ4n) is 4.62. The zero-order chi connectivity index (χ0) is 25.8. The number of tetrazole rings is 1. The quantitative estimate of drug-likeness (QED) is 0.310. The number of carbonyl (C=O) groups is 1. The van der Waals surface area contributed by atoms with Crippen LogP contribution in [0.15, 0.2) is 54.6 Å². The standard InChI is InChI=1S/C25H24F3N7O2/c26-25(27,28)37-20-12-10-18(11-13-20)22-14-21(17-4-2-1-3-5-17)32-35(22)15-16-6-8-19(9-7-16)23(36)29-24-30-33-34-31-24/h6-14,17H,1-5,15H2,(H2,29,30,31,33,34,36)/p+1. The molecule has 1 amide bonds. The average molecular weight is 513 g/mol. The number of nitrogens with one attached hydrogen (secondary N) is 3. The van der Waals surface area contributed by atoms with E-state index in [1.54, 1.807) is 24.3 Å². The molecule has 0 aliphatic heterocycles. The van der Waals surface area contributed by atoms with Crippen molar-refractivity contribution in [1.29, 1.82) is 0 Å². The van der Waals surface area contributed by atoms with E-state index in [4.69, 9.17) is 0 Å². The molecule has 3 N–H and O–H groups in total. The highest BCUT2D eigenvalue weighted by molar-refractivity contribution is 6.03. The van der Waals surface area contributed by atoms with E-state index in [0.29, 0.717) is 18.0 Å². The summed E-state index contributed by atoms with van der Waals surface area (Å²) in [4.78, 5) is 12.4. The molecule has 1 aliphatic rings. The Morgan fingerprint density at radius 1 is 1.05 bits per heavy atom. The summed E-state index contributed by atoms with van der Waals surface area (Å²) in [5.74, 6) is -0.122. The van der Waals surface area contributed by atoms with Gasteiger partial charge in [0.1, 0.15) is 5.75 Å². The third kappa shape index (κ3) is 6.13. The summed E-state index contributed by atoms with van der Waals surface area (Å²) in [6.07, 6.45) is 1.05. The SMILES string of the molecule is O=C(Nc1nn[nH]n1)c1ccc(C[n+]2[nH]c(C3CCCCC3)cc2-c2ccc(OC(F)(F)F)cc2)cc1. The van der Waals surface area contributed by atoms with E-state index in [1.165, 1.54) is 31.4 Å². The predicted molar refractivity (Wildman–Crippen MR) is 127 cm³/mol. The number of rotatable bonds is 7. The Morgan fingerprint density at radius 3 is 2.43 bits per heavy atom. The highest BCUT2D eigenvalue weighted by Crippen LogP contribution is 2.33. The van der Waals surface area contributed by atoms with Gasteiger partial charge in [-0.1, -0.05) is 36.5 Å². The topological polar surface area (TPSA) is 112 Å². The molecule has 2 aromatic heterocycles. The van der Waals surface area contributed by atoms with Crippen LogP contribution in [0.25, 0.3) is 11.3 Å². The van der Waals surface area contributed by atoms with E-state index in [9.17, 15) is 18.0 Å². The van der Waals surface area contributed by atoms with Crippen LogP contribution < -0.4 is 14.7 Å². The maximum atomic E-state index is 12.6. The van der Waals surface area contributed by atoms with Crippen molar-refractivity contribution in [3.8, 4) is 17.0 Å². The van der Waals surface area contributed by atoms with Gasteiger partial charge in [0.25, 0.3) is 11.9 Å². The minimum Gasteiger partial charge on any atom is -0.406 e. The van der Waals surface area contributed by atoms with Crippen LogP contribution in [0.4, 0.5) is 19.1 Å². The molecule has 5 rings (SSSR count). The molecule has 0 radical (unpaired) electrons. The van der Waals surface area contributed by atoms with Crippen molar-refractivity contribution < 1.29 is 27.4 Å². The summed E-state index contributed by atoms with van der Waals surface area (Å²) in [6, 6.07) is 15.1. The molecular formula is C25H25F3N7O2+. The molecule has 2 aromatic carbocycles. The lowest BCUT2D eigenvalue weighted by Gasteiger charge is -2.18. The summed E-state index contributed by atoms with van der Waals surface area (Å²) >= 11 is 0. The van der Waals surface area contributed by atoms with Gasteiger partial charge in [-0.25, -0.2) is 0 Å². The minimum absolute atomic E-state index is 0.0857. The first kappa shape index (κ1) is 24.5. The van der Waals surface area contributed by atoms with Gasteiger partial charge in [-0.05, 0) is 54.5 Å². The Hall–Kier alpha value is -4.22. The second-order valence-corrected chi connectivity index (χ2v) is 8.98. The maximum absolute atomic E-state index is 12.6. The van der Waals surface area contributed by atoms with Crippen LogP contribution in [0.5, 0.6) is 5.75 Å². The number of aromatic amines is 2. The lowest BCUT2D eigenvalue weighted by Crippen LogP contribution is -2.38. The molecule has 37 heavy (non-hydrogen) atoms. The van der Waals surface area contributed by atoms with Crippen molar-refractivity contribution in [2.75, 3.05) is 5.32 Å². The molecule has 1 saturated carbocycles. The molecule has 9 nitrogen and oxygen atoms in total. The second-order valence-electron chi connectivity index (χ2n) is 8.98. The van der Waals surface area contributed by atoms with Crippen LogP contribution in [0, 0.1) is 0 Å². The average Bonchev–Trinajstić information content (AvgIpc) is 3.55. The fourth-order valence-corrected chi connectivity index (χ4v) is 4.62. The Morgan fingerprint density at radius 2 is 1.78 bits per heavy atom. The van der Waals surface area contributed by atoms with Gasteiger partial charge < -0.3 is 4.74 Å². The van der Waals surface area contributed by atoms with E-state index in [-0.39, 0.29) is 17.6 Å². The van der Waals surface area contributed by atoms with Crippen molar-refractivity contribution in [3.63, 3.8) is 0 Å². The predicted octanol–water partition coefficient (Wildman–Crippen LogP) is 4.73. The van der Waals surface area contributed by atoms with Gasteiger partial charge in [0.15, 0.2) is 6.54 Å². The number of halogens is 3. The van der Waals surface area contributed by atoms with Crippen LogP contribution in [0.2, 0.25) is 0 Å². The van der Waals surface area contributed by atoms with Crippen molar-refractivity contribution in [2.45, 2.75) is 50.9 Å². The number of nitrogens with zero attached hydrogens (tertiary/aromatic N) is 4. The molecule has 4 aromatic rings. The molecule has 192 valence electrons. The van der Waals surface area contributed by atoms with Crippen molar-refractivity contribution in [2.24, 2.45) is 0 Å².